The quantitative estimate of drug-likeness (QED) is 0.403. The molecule has 8 nitrogen and oxygen atoms in total. The largest absolute Gasteiger partial charge is 0.416 e. The van der Waals surface area contributed by atoms with Crippen LogP contribution in [0.2, 0.25) is 10.0 Å². The van der Waals surface area contributed by atoms with Crippen molar-refractivity contribution in [3.8, 4) is 0 Å². The van der Waals surface area contributed by atoms with E-state index in [1.165, 1.54) is 25.1 Å². The smallest absolute Gasteiger partial charge is 0.319 e. The molecule has 1 aliphatic heterocycles. The highest BCUT2D eigenvalue weighted by atomic mass is 35.5. The number of halogens is 5. The van der Waals surface area contributed by atoms with Crippen LogP contribution in [0.3, 0.4) is 0 Å². The predicted octanol–water partition coefficient (Wildman–Crippen LogP) is 3.90. The average Bonchev–Trinajstić information content (AvgIpc) is 3.30. The molecule has 39 heavy (non-hydrogen) atoms. The molecule has 0 saturated carbocycles. The molecule has 2 N–H and O–H groups in total. The van der Waals surface area contributed by atoms with Crippen LogP contribution in [0.5, 0.6) is 0 Å². The zero-order valence-corrected chi connectivity index (χ0v) is 23.5. The summed E-state index contributed by atoms with van der Waals surface area (Å²) in [4.78, 5) is 30.6. The molecule has 3 aromatic rings. The Morgan fingerprint density at radius 3 is 2.51 bits per heavy atom. The maximum absolute atomic E-state index is 14.2. The van der Waals surface area contributed by atoms with E-state index < -0.39 is 44.8 Å². The predicted molar refractivity (Wildman–Crippen MR) is 144 cm³/mol. The van der Waals surface area contributed by atoms with E-state index in [2.05, 4.69) is 10.3 Å². The monoisotopic (exact) mass is 606 g/mol. The van der Waals surface area contributed by atoms with Gasteiger partial charge in [0.2, 0.25) is 0 Å². The van der Waals surface area contributed by atoms with E-state index in [0.717, 1.165) is 13.0 Å². The molecule has 2 aromatic carbocycles. The third-order valence-electron chi connectivity index (χ3n) is 6.94. The van der Waals surface area contributed by atoms with E-state index in [1.54, 1.807) is 0 Å². The van der Waals surface area contributed by atoms with Gasteiger partial charge in [0.05, 0.1) is 38.7 Å². The summed E-state index contributed by atoms with van der Waals surface area (Å²) in [6.07, 6.45) is -4.01. The van der Waals surface area contributed by atoms with Crippen molar-refractivity contribution in [3.05, 3.63) is 71.8 Å². The molecule has 1 atom stereocenters. The van der Waals surface area contributed by atoms with Gasteiger partial charge in [-0.05, 0) is 67.9 Å². The second-order valence-corrected chi connectivity index (χ2v) is 12.6. The Hall–Kier alpha value is -2.38. The van der Waals surface area contributed by atoms with E-state index in [-0.39, 0.29) is 49.8 Å². The number of H-pyrrole nitrogens is 1. The maximum Gasteiger partial charge on any atom is 0.416 e. The first-order chi connectivity index (χ1) is 18.3. The second kappa shape index (κ2) is 11.2. The molecule has 1 aliphatic rings. The molecule has 14 heteroatoms. The lowest BCUT2D eigenvalue weighted by atomic mass is 10.0. The summed E-state index contributed by atoms with van der Waals surface area (Å²) in [7, 11) is -1.95. The van der Waals surface area contributed by atoms with Gasteiger partial charge in [0.1, 0.15) is 0 Å². The minimum atomic E-state index is -4.82. The lowest BCUT2D eigenvalue weighted by molar-refractivity contribution is -0.138. The Morgan fingerprint density at radius 2 is 1.87 bits per heavy atom. The van der Waals surface area contributed by atoms with Crippen molar-refractivity contribution in [2.75, 3.05) is 32.4 Å². The van der Waals surface area contributed by atoms with E-state index in [4.69, 9.17) is 23.2 Å². The standard InChI is InChI=1S/C25H27Cl2F3N4O4S/c1-3-39(37,38)20-5-4-16(26)8-15(20)12-34-23(35)17-9-19(25(28,29)30)18(21(27)22(17)32-24(34)36)13-33-7-6-14(11-33)10-31-2/h4-5,8-9,14,31H,3,6-7,10-13H2,1-2H3,(H,32,36)/t14-/m1/s1. The molecule has 0 spiro atoms. The first-order valence-corrected chi connectivity index (χ1v) is 14.6. The van der Waals surface area contributed by atoms with Crippen molar-refractivity contribution >= 4 is 43.9 Å². The van der Waals surface area contributed by atoms with Crippen LogP contribution in [0.4, 0.5) is 13.2 Å². The highest BCUT2D eigenvalue weighted by molar-refractivity contribution is 7.91. The number of alkyl halides is 3. The van der Waals surface area contributed by atoms with E-state index in [9.17, 15) is 31.2 Å². The fourth-order valence-electron chi connectivity index (χ4n) is 4.98. The average molecular weight is 607 g/mol. The van der Waals surface area contributed by atoms with Crippen LogP contribution >= 0.6 is 23.2 Å². The zero-order chi connectivity index (χ0) is 28.7. The molecule has 0 radical (unpaired) electrons. The van der Waals surface area contributed by atoms with Gasteiger partial charge < -0.3 is 10.3 Å². The molecule has 0 unspecified atom stereocenters. The number of benzene rings is 2. The van der Waals surface area contributed by atoms with E-state index in [1.807, 2.05) is 11.9 Å². The lowest BCUT2D eigenvalue weighted by Gasteiger charge is -2.22. The Bertz CT molecular complexity index is 1640. The molecule has 4 rings (SSSR count). The molecule has 212 valence electrons. The van der Waals surface area contributed by atoms with Gasteiger partial charge in [0.25, 0.3) is 5.56 Å². The highest BCUT2D eigenvalue weighted by Gasteiger charge is 2.37. The second-order valence-electron chi connectivity index (χ2n) is 9.56. The van der Waals surface area contributed by atoms with Gasteiger partial charge in [0.15, 0.2) is 9.84 Å². The van der Waals surface area contributed by atoms with Crippen LogP contribution in [0.15, 0.2) is 38.8 Å². The minimum Gasteiger partial charge on any atom is -0.319 e. The summed E-state index contributed by atoms with van der Waals surface area (Å²) in [5, 5.41) is 2.44. The van der Waals surface area contributed by atoms with Gasteiger partial charge in [0, 0.05) is 18.1 Å². The van der Waals surface area contributed by atoms with Crippen molar-refractivity contribution in [3.63, 3.8) is 0 Å². The molecular weight excluding hydrogens is 580 g/mol. The van der Waals surface area contributed by atoms with Gasteiger partial charge in [-0.2, -0.15) is 13.2 Å². The topological polar surface area (TPSA) is 104 Å². The highest BCUT2D eigenvalue weighted by Crippen LogP contribution is 2.39. The van der Waals surface area contributed by atoms with E-state index >= 15 is 0 Å². The summed E-state index contributed by atoms with van der Waals surface area (Å²) >= 11 is 12.5. The molecule has 1 fully saturated rings. The van der Waals surface area contributed by atoms with Gasteiger partial charge >= 0.3 is 11.9 Å². The number of sulfone groups is 1. The number of aromatic amines is 1. The SMILES string of the molecule is CCS(=O)(=O)c1ccc(Cl)cc1Cn1c(=O)[nH]c2c(Cl)c(CN3CC[C@H](CNC)C3)c(C(F)(F)F)cc2c1=O. The number of rotatable bonds is 8. The Labute approximate surface area is 232 Å². The molecule has 0 amide bonds. The van der Waals surface area contributed by atoms with Crippen LogP contribution in [0, 0.1) is 5.92 Å². The Balaban J connectivity index is 1.85. The number of aromatic nitrogens is 2. The number of hydrogen-bond donors (Lipinski definition) is 2. The number of likely N-dealkylation sites (tertiary alicyclic amines) is 1. The fourth-order valence-corrected chi connectivity index (χ4v) is 6.60. The number of nitrogens with one attached hydrogen (secondary N) is 2. The zero-order valence-electron chi connectivity index (χ0n) is 21.2. The van der Waals surface area contributed by atoms with Crippen molar-refractivity contribution < 1.29 is 21.6 Å². The summed E-state index contributed by atoms with van der Waals surface area (Å²) < 4.78 is 68.4. The Kier molecular flexibility index (Phi) is 8.53. The van der Waals surface area contributed by atoms with Gasteiger partial charge in [-0.1, -0.05) is 30.1 Å². The van der Waals surface area contributed by atoms with Crippen LogP contribution in [-0.4, -0.2) is 55.3 Å². The first-order valence-electron chi connectivity index (χ1n) is 12.2. The fraction of sp³-hybridized carbons (Fsp3) is 0.440. The summed E-state index contributed by atoms with van der Waals surface area (Å²) in [5.74, 6) is 0.0356. The van der Waals surface area contributed by atoms with Gasteiger partial charge in [-0.3, -0.25) is 14.3 Å². The van der Waals surface area contributed by atoms with Crippen molar-refractivity contribution in [2.24, 2.45) is 5.92 Å². The number of hydrogen-bond acceptors (Lipinski definition) is 6. The minimum absolute atomic E-state index is 0.0558. The van der Waals surface area contributed by atoms with Gasteiger partial charge in [-0.25, -0.2) is 13.2 Å². The Morgan fingerprint density at radius 1 is 1.15 bits per heavy atom. The molecule has 0 bridgehead atoms. The summed E-state index contributed by atoms with van der Waals surface area (Å²) in [5.41, 5.74) is -3.42. The maximum atomic E-state index is 14.2. The first kappa shape index (κ1) is 29.6. The normalized spacial score (nSPS) is 16.8. The number of fused-ring (bicyclic) bond motifs is 1. The summed E-state index contributed by atoms with van der Waals surface area (Å²) in [6.45, 7) is 2.70. The summed E-state index contributed by atoms with van der Waals surface area (Å²) in [6, 6.07) is 4.63. The van der Waals surface area contributed by atoms with Crippen LogP contribution < -0.4 is 16.6 Å². The lowest BCUT2D eigenvalue weighted by Crippen LogP contribution is -2.36. The van der Waals surface area contributed by atoms with Crippen molar-refractivity contribution in [2.45, 2.75) is 37.5 Å². The third kappa shape index (κ3) is 6.04. The van der Waals surface area contributed by atoms with Crippen LogP contribution in [0.25, 0.3) is 10.9 Å². The van der Waals surface area contributed by atoms with Crippen LogP contribution in [-0.2, 0) is 29.1 Å². The van der Waals surface area contributed by atoms with Crippen molar-refractivity contribution in [1.29, 1.82) is 0 Å². The molecule has 1 aromatic heterocycles. The molecule has 0 aliphatic carbocycles. The van der Waals surface area contributed by atoms with Crippen LogP contribution in [0.1, 0.15) is 30.0 Å². The number of nitrogens with zero attached hydrogens (tertiary/aromatic N) is 2. The van der Waals surface area contributed by atoms with E-state index in [0.29, 0.717) is 23.7 Å². The van der Waals surface area contributed by atoms with Gasteiger partial charge in [-0.15, -0.1) is 0 Å². The third-order valence-corrected chi connectivity index (χ3v) is 9.42. The molecule has 2 heterocycles. The van der Waals surface area contributed by atoms with Crippen molar-refractivity contribution in [1.82, 2.24) is 19.8 Å². The molecule has 1 saturated heterocycles. The molecular formula is C25H27Cl2F3N4O4S.